The molecule has 28 heavy (non-hydrogen) atoms. The number of rotatable bonds is 6. The molecule has 0 saturated heterocycles. The Balaban J connectivity index is 1.81. The summed E-state index contributed by atoms with van der Waals surface area (Å²) in [6.07, 6.45) is 4.11. The van der Waals surface area contributed by atoms with Crippen molar-refractivity contribution in [3.05, 3.63) is 65.4 Å². The number of ether oxygens (including phenoxy) is 2. The minimum atomic E-state index is 0.627. The van der Waals surface area contributed by atoms with Crippen molar-refractivity contribution in [3.8, 4) is 17.2 Å². The Labute approximate surface area is 166 Å². The van der Waals surface area contributed by atoms with Gasteiger partial charge in [-0.1, -0.05) is 30.3 Å². The maximum Gasteiger partial charge on any atom is 0.145 e. The second kappa shape index (κ2) is 8.38. The minimum Gasteiger partial charge on any atom is -0.496 e. The second-order valence-electron chi connectivity index (χ2n) is 6.96. The highest BCUT2D eigenvalue weighted by molar-refractivity contribution is 5.58. The van der Waals surface area contributed by atoms with Crippen LogP contribution in [0.3, 0.4) is 0 Å². The normalized spacial score (nSPS) is 13.4. The number of anilines is 1. The molecule has 5 heteroatoms. The molecule has 0 amide bonds. The van der Waals surface area contributed by atoms with E-state index in [-0.39, 0.29) is 0 Å². The summed E-state index contributed by atoms with van der Waals surface area (Å²) in [6, 6.07) is 16.3. The first kappa shape index (κ1) is 18.4. The van der Waals surface area contributed by atoms with Crippen molar-refractivity contribution in [2.45, 2.75) is 32.6 Å². The minimum absolute atomic E-state index is 0.627. The molecular formula is C23H27N3O2. The van der Waals surface area contributed by atoms with Gasteiger partial charge in [-0.2, -0.15) is 5.10 Å². The van der Waals surface area contributed by atoms with Crippen LogP contribution in [0.2, 0.25) is 0 Å². The van der Waals surface area contributed by atoms with Crippen molar-refractivity contribution in [2.24, 2.45) is 0 Å². The molecule has 0 atom stereocenters. The third-order valence-electron chi connectivity index (χ3n) is 5.16. The molecule has 1 aliphatic heterocycles. The summed E-state index contributed by atoms with van der Waals surface area (Å²) >= 11 is 0. The van der Waals surface area contributed by atoms with Crippen molar-refractivity contribution in [2.75, 3.05) is 25.6 Å². The quantitative estimate of drug-likeness (QED) is 0.681. The van der Waals surface area contributed by atoms with Gasteiger partial charge in [0, 0.05) is 24.1 Å². The predicted molar refractivity (Wildman–Crippen MR) is 112 cm³/mol. The van der Waals surface area contributed by atoms with Gasteiger partial charge in [0.05, 0.1) is 19.4 Å². The lowest BCUT2D eigenvalue weighted by molar-refractivity contribution is 0.338. The largest absolute Gasteiger partial charge is 0.496 e. The summed E-state index contributed by atoms with van der Waals surface area (Å²) in [4.78, 5) is 0. The van der Waals surface area contributed by atoms with Crippen LogP contribution in [-0.2, 0) is 12.8 Å². The van der Waals surface area contributed by atoms with E-state index in [9.17, 15) is 0 Å². The van der Waals surface area contributed by atoms with Crippen LogP contribution >= 0.6 is 0 Å². The van der Waals surface area contributed by atoms with E-state index in [4.69, 9.17) is 14.6 Å². The number of para-hydroxylation sites is 3. The van der Waals surface area contributed by atoms with Crippen LogP contribution in [-0.4, -0.2) is 30.0 Å². The highest BCUT2D eigenvalue weighted by Crippen LogP contribution is 2.33. The lowest BCUT2D eigenvalue weighted by atomic mass is 10.0. The molecule has 0 fully saturated rings. The van der Waals surface area contributed by atoms with Gasteiger partial charge in [-0.3, -0.25) is 0 Å². The molecule has 0 radical (unpaired) electrons. The van der Waals surface area contributed by atoms with Gasteiger partial charge in [-0.15, -0.1) is 0 Å². The maximum atomic E-state index is 5.87. The molecule has 5 nitrogen and oxygen atoms in total. The summed E-state index contributed by atoms with van der Waals surface area (Å²) in [6.45, 7) is 3.59. The third kappa shape index (κ3) is 3.57. The first-order valence-electron chi connectivity index (χ1n) is 10.0. The number of fused-ring (bicyclic) bond motifs is 1. The monoisotopic (exact) mass is 377 g/mol. The Kier molecular flexibility index (Phi) is 5.51. The Hall–Kier alpha value is -2.95. The Morgan fingerprint density at radius 3 is 2.64 bits per heavy atom. The van der Waals surface area contributed by atoms with E-state index in [0.29, 0.717) is 6.61 Å². The first-order chi connectivity index (χ1) is 13.8. The number of methoxy groups -OCH3 is 1. The average molecular weight is 377 g/mol. The summed E-state index contributed by atoms with van der Waals surface area (Å²) in [7, 11) is 1.72. The van der Waals surface area contributed by atoms with Gasteiger partial charge in [-0.05, 0) is 44.4 Å². The van der Waals surface area contributed by atoms with E-state index < -0.39 is 0 Å². The highest BCUT2D eigenvalue weighted by Gasteiger charge is 2.23. The van der Waals surface area contributed by atoms with Crippen LogP contribution in [0.4, 0.5) is 5.82 Å². The van der Waals surface area contributed by atoms with Gasteiger partial charge in [0.1, 0.15) is 23.0 Å². The molecule has 0 bridgehead atoms. The number of hydrogen-bond acceptors (Lipinski definition) is 4. The van der Waals surface area contributed by atoms with Crippen molar-refractivity contribution < 1.29 is 9.47 Å². The molecule has 0 saturated carbocycles. The van der Waals surface area contributed by atoms with Gasteiger partial charge in [0.2, 0.25) is 0 Å². The fourth-order valence-corrected chi connectivity index (χ4v) is 3.83. The van der Waals surface area contributed by atoms with Crippen LogP contribution in [0, 0.1) is 0 Å². The number of nitrogens with one attached hydrogen (secondary N) is 1. The molecule has 4 rings (SSSR count). The van der Waals surface area contributed by atoms with Gasteiger partial charge < -0.3 is 14.8 Å². The summed E-state index contributed by atoms with van der Waals surface area (Å²) in [5.41, 5.74) is 4.52. The topological polar surface area (TPSA) is 48.3 Å². The van der Waals surface area contributed by atoms with Crippen molar-refractivity contribution in [1.82, 2.24) is 9.78 Å². The second-order valence-corrected chi connectivity index (χ2v) is 6.96. The Morgan fingerprint density at radius 1 is 1.04 bits per heavy atom. The molecule has 3 aromatic rings. The zero-order chi connectivity index (χ0) is 19.3. The zero-order valence-electron chi connectivity index (χ0n) is 16.6. The molecule has 1 aliphatic rings. The zero-order valence-corrected chi connectivity index (χ0v) is 16.6. The van der Waals surface area contributed by atoms with E-state index in [1.165, 1.54) is 5.56 Å². The Bertz CT molecular complexity index is 949. The first-order valence-corrected chi connectivity index (χ1v) is 10.0. The molecular weight excluding hydrogens is 350 g/mol. The smallest absolute Gasteiger partial charge is 0.145 e. The molecule has 2 aromatic carbocycles. The van der Waals surface area contributed by atoms with E-state index in [1.807, 2.05) is 41.9 Å². The van der Waals surface area contributed by atoms with E-state index >= 15 is 0 Å². The molecule has 0 aliphatic carbocycles. The van der Waals surface area contributed by atoms with Crippen LogP contribution in [0.5, 0.6) is 11.5 Å². The van der Waals surface area contributed by atoms with Gasteiger partial charge in [-0.25, -0.2) is 4.68 Å². The van der Waals surface area contributed by atoms with Gasteiger partial charge in [0.25, 0.3) is 0 Å². The van der Waals surface area contributed by atoms with E-state index in [0.717, 1.165) is 66.5 Å². The number of benzene rings is 2. The Morgan fingerprint density at radius 2 is 1.82 bits per heavy atom. The SMILES string of the molecule is CCOc1ccccc1-n1nc(Cc2ccccc2OC)c2c1NCCCC2. The predicted octanol–water partition coefficient (Wildman–Crippen LogP) is 4.62. The maximum absolute atomic E-state index is 5.87. The van der Waals surface area contributed by atoms with E-state index in [2.05, 4.69) is 23.5 Å². The summed E-state index contributed by atoms with van der Waals surface area (Å²) < 4.78 is 13.5. The molecule has 1 aromatic heterocycles. The van der Waals surface area contributed by atoms with Crippen LogP contribution < -0.4 is 14.8 Å². The summed E-state index contributed by atoms with van der Waals surface area (Å²) in [5, 5.41) is 8.65. The third-order valence-corrected chi connectivity index (χ3v) is 5.16. The number of hydrogen-bond donors (Lipinski definition) is 1. The number of aromatic nitrogens is 2. The molecule has 0 spiro atoms. The fraction of sp³-hybridized carbons (Fsp3) is 0.348. The molecule has 1 N–H and O–H groups in total. The van der Waals surface area contributed by atoms with Gasteiger partial charge >= 0.3 is 0 Å². The lowest BCUT2D eigenvalue weighted by Gasteiger charge is -2.13. The van der Waals surface area contributed by atoms with Crippen LogP contribution in [0.25, 0.3) is 5.69 Å². The van der Waals surface area contributed by atoms with Crippen molar-refractivity contribution in [3.63, 3.8) is 0 Å². The molecule has 0 unspecified atom stereocenters. The molecule has 2 heterocycles. The lowest BCUT2D eigenvalue weighted by Crippen LogP contribution is -2.08. The summed E-state index contributed by atoms with van der Waals surface area (Å²) in [5.74, 6) is 2.85. The highest BCUT2D eigenvalue weighted by atomic mass is 16.5. The van der Waals surface area contributed by atoms with Crippen molar-refractivity contribution in [1.29, 1.82) is 0 Å². The number of nitrogens with zero attached hydrogens (tertiary/aromatic N) is 2. The van der Waals surface area contributed by atoms with E-state index in [1.54, 1.807) is 7.11 Å². The van der Waals surface area contributed by atoms with Crippen LogP contribution in [0.1, 0.15) is 36.6 Å². The van der Waals surface area contributed by atoms with Gasteiger partial charge in [0.15, 0.2) is 0 Å². The van der Waals surface area contributed by atoms with Crippen LogP contribution in [0.15, 0.2) is 48.5 Å². The fourth-order valence-electron chi connectivity index (χ4n) is 3.83. The standard InChI is InChI=1S/C23H27N3O2/c1-3-28-22-14-7-5-12-20(22)26-23-18(11-8-9-15-24-23)19(25-26)16-17-10-4-6-13-21(17)27-2/h4-7,10,12-14,24H,3,8-9,11,15-16H2,1-2H3. The molecule has 146 valence electrons. The van der Waals surface area contributed by atoms with Crippen molar-refractivity contribution >= 4 is 5.82 Å². The average Bonchev–Trinajstić information content (AvgIpc) is 2.90.